The van der Waals surface area contributed by atoms with E-state index in [2.05, 4.69) is 9.69 Å². The first kappa shape index (κ1) is 11.1. The van der Waals surface area contributed by atoms with Crippen LogP contribution in [0.25, 0.3) is 0 Å². The molecule has 17 heavy (non-hydrogen) atoms. The van der Waals surface area contributed by atoms with Gasteiger partial charge in [-0.3, -0.25) is 0 Å². The normalized spacial score (nSPS) is 30.8. The van der Waals surface area contributed by atoms with Crippen molar-refractivity contribution in [1.29, 1.82) is 0 Å². The van der Waals surface area contributed by atoms with Gasteiger partial charge in [0.1, 0.15) is 0 Å². The Balaban J connectivity index is 1.60. The van der Waals surface area contributed by atoms with Gasteiger partial charge in [-0.2, -0.15) is 4.37 Å². The Hall–Kier alpha value is -0.970. The van der Waals surface area contributed by atoms with Crippen LogP contribution in [-0.4, -0.2) is 18.0 Å². The summed E-state index contributed by atoms with van der Waals surface area (Å²) in [4.78, 5) is 0. The standard InChI is InChI=1S/C12H19N3OS/c1-16-10-11(13)15-17-12(10)14-6-9-5-7-2-3-8(9)4-7/h7-9,14H,2-6H2,1H3,(H2,13,15). The molecule has 3 N–H and O–H groups in total. The van der Waals surface area contributed by atoms with E-state index in [1.807, 2.05) is 0 Å². The number of hydrogen-bond donors (Lipinski definition) is 2. The van der Waals surface area contributed by atoms with E-state index in [9.17, 15) is 0 Å². The molecule has 3 rings (SSSR count). The third-order valence-electron chi connectivity index (χ3n) is 4.29. The van der Waals surface area contributed by atoms with Gasteiger partial charge < -0.3 is 15.8 Å². The molecular weight excluding hydrogens is 234 g/mol. The molecule has 0 amide bonds. The van der Waals surface area contributed by atoms with Crippen LogP contribution >= 0.6 is 11.5 Å². The van der Waals surface area contributed by atoms with Gasteiger partial charge in [0.15, 0.2) is 16.6 Å². The Kier molecular flexibility index (Phi) is 2.86. The lowest BCUT2D eigenvalue weighted by atomic mass is 9.89. The number of anilines is 2. The van der Waals surface area contributed by atoms with Crippen LogP contribution in [0.4, 0.5) is 10.8 Å². The van der Waals surface area contributed by atoms with Gasteiger partial charge in [0.05, 0.1) is 7.11 Å². The highest BCUT2D eigenvalue weighted by atomic mass is 32.1. The van der Waals surface area contributed by atoms with Crippen LogP contribution in [0, 0.1) is 17.8 Å². The summed E-state index contributed by atoms with van der Waals surface area (Å²) >= 11 is 1.39. The summed E-state index contributed by atoms with van der Waals surface area (Å²) in [6, 6.07) is 0. The first-order valence-corrected chi connectivity index (χ1v) is 7.08. The van der Waals surface area contributed by atoms with Crippen LogP contribution < -0.4 is 15.8 Å². The van der Waals surface area contributed by atoms with E-state index in [0.717, 1.165) is 29.3 Å². The summed E-state index contributed by atoms with van der Waals surface area (Å²) in [6.07, 6.45) is 5.74. The molecule has 3 unspecified atom stereocenters. The number of nitrogens with two attached hydrogens (primary N) is 1. The molecule has 94 valence electrons. The second kappa shape index (κ2) is 4.37. The largest absolute Gasteiger partial charge is 0.490 e. The highest BCUT2D eigenvalue weighted by Crippen LogP contribution is 2.48. The lowest BCUT2D eigenvalue weighted by molar-refractivity contribution is 0.348. The molecule has 0 saturated heterocycles. The molecule has 0 aliphatic heterocycles. The average molecular weight is 253 g/mol. The highest BCUT2D eigenvalue weighted by Gasteiger charge is 2.39. The van der Waals surface area contributed by atoms with Crippen molar-refractivity contribution < 1.29 is 4.74 Å². The molecular formula is C12H19N3OS. The Labute approximate surface area is 106 Å². The number of aromatic nitrogens is 1. The van der Waals surface area contributed by atoms with Crippen LogP contribution in [0.15, 0.2) is 0 Å². The Morgan fingerprint density at radius 2 is 2.35 bits per heavy atom. The zero-order chi connectivity index (χ0) is 11.8. The molecule has 2 aliphatic carbocycles. The number of nitrogen functional groups attached to an aromatic ring is 1. The average Bonchev–Trinajstić information content (AvgIpc) is 3.01. The molecule has 2 fully saturated rings. The third-order valence-corrected chi connectivity index (χ3v) is 5.09. The zero-order valence-corrected chi connectivity index (χ0v) is 10.9. The molecule has 2 bridgehead atoms. The Morgan fingerprint density at radius 1 is 1.47 bits per heavy atom. The smallest absolute Gasteiger partial charge is 0.197 e. The maximum atomic E-state index is 5.73. The van der Waals surface area contributed by atoms with Gasteiger partial charge in [0.25, 0.3) is 0 Å². The van der Waals surface area contributed by atoms with E-state index in [4.69, 9.17) is 10.5 Å². The van der Waals surface area contributed by atoms with E-state index in [1.54, 1.807) is 7.11 Å². The Morgan fingerprint density at radius 3 is 3.00 bits per heavy atom. The Bertz CT molecular complexity index is 406. The molecule has 2 aliphatic rings. The number of hydrogen-bond acceptors (Lipinski definition) is 5. The van der Waals surface area contributed by atoms with E-state index in [-0.39, 0.29) is 0 Å². The molecule has 0 aromatic carbocycles. The summed E-state index contributed by atoms with van der Waals surface area (Å²) in [7, 11) is 1.64. The second-order valence-corrected chi connectivity index (χ2v) is 6.02. The van der Waals surface area contributed by atoms with Gasteiger partial charge in [0, 0.05) is 6.54 Å². The maximum absolute atomic E-state index is 5.73. The minimum Gasteiger partial charge on any atom is -0.490 e. The van der Waals surface area contributed by atoms with E-state index < -0.39 is 0 Å². The van der Waals surface area contributed by atoms with Gasteiger partial charge >= 0.3 is 0 Å². The maximum Gasteiger partial charge on any atom is 0.197 e. The van der Waals surface area contributed by atoms with Crippen molar-refractivity contribution >= 4 is 22.4 Å². The van der Waals surface area contributed by atoms with Crippen molar-refractivity contribution in [3.05, 3.63) is 0 Å². The van der Waals surface area contributed by atoms with E-state index in [0.29, 0.717) is 11.6 Å². The summed E-state index contributed by atoms with van der Waals surface area (Å²) in [6.45, 7) is 1.04. The van der Waals surface area contributed by atoms with Crippen LogP contribution in [0.3, 0.4) is 0 Å². The zero-order valence-electron chi connectivity index (χ0n) is 10.1. The molecule has 0 radical (unpaired) electrons. The molecule has 4 nitrogen and oxygen atoms in total. The number of ether oxygens (including phenoxy) is 1. The first-order chi connectivity index (χ1) is 8.28. The number of nitrogens with zero attached hydrogens (tertiary/aromatic N) is 1. The minimum atomic E-state index is 0.493. The van der Waals surface area contributed by atoms with Crippen molar-refractivity contribution in [2.75, 3.05) is 24.7 Å². The van der Waals surface area contributed by atoms with Crippen molar-refractivity contribution in [3.63, 3.8) is 0 Å². The molecule has 2 saturated carbocycles. The van der Waals surface area contributed by atoms with Gasteiger partial charge in [-0.05, 0) is 48.5 Å². The van der Waals surface area contributed by atoms with Gasteiger partial charge in [-0.25, -0.2) is 0 Å². The molecule has 0 spiro atoms. The van der Waals surface area contributed by atoms with Gasteiger partial charge in [-0.1, -0.05) is 6.42 Å². The first-order valence-electron chi connectivity index (χ1n) is 6.31. The lowest BCUT2D eigenvalue weighted by Gasteiger charge is -2.21. The second-order valence-electron chi connectivity index (χ2n) is 5.25. The third kappa shape index (κ3) is 1.97. The van der Waals surface area contributed by atoms with Crippen LogP contribution in [0.1, 0.15) is 25.7 Å². The van der Waals surface area contributed by atoms with Gasteiger partial charge in [0.2, 0.25) is 0 Å². The van der Waals surface area contributed by atoms with Crippen molar-refractivity contribution in [1.82, 2.24) is 4.37 Å². The highest BCUT2D eigenvalue weighted by molar-refractivity contribution is 7.11. The monoisotopic (exact) mass is 253 g/mol. The topological polar surface area (TPSA) is 60.2 Å². The molecule has 1 aromatic rings. The summed E-state index contributed by atoms with van der Waals surface area (Å²) in [5, 5.41) is 4.44. The number of nitrogens with one attached hydrogen (secondary N) is 1. The van der Waals surface area contributed by atoms with E-state index >= 15 is 0 Å². The van der Waals surface area contributed by atoms with Crippen molar-refractivity contribution in [3.8, 4) is 5.75 Å². The van der Waals surface area contributed by atoms with Crippen LogP contribution in [0.2, 0.25) is 0 Å². The molecule has 1 aromatic heterocycles. The predicted octanol–water partition coefficient (Wildman–Crippen LogP) is 2.58. The summed E-state index contributed by atoms with van der Waals surface area (Å²) in [5.41, 5.74) is 5.73. The summed E-state index contributed by atoms with van der Waals surface area (Å²) < 4.78 is 9.37. The SMILES string of the molecule is COc1c(N)nsc1NCC1CC2CCC1C2. The number of methoxy groups -OCH3 is 1. The number of fused-ring (bicyclic) bond motifs is 2. The fourth-order valence-corrected chi connectivity index (χ4v) is 4.15. The van der Waals surface area contributed by atoms with Crippen molar-refractivity contribution in [2.24, 2.45) is 17.8 Å². The lowest BCUT2D eigenvalue weighted by Crippen LogP contribution is -2.19. The van der Waals surface area contributed by atoms with Gasteiger partial charge in [-0.15, -0.1) is 0 Å². The fourth-order valence-electron chi connectivity index (χ4n) is 3.45. The minimum absolute atomic E-state index is 0.493. The fraction of sp³-hybridized carbons (Fsp3) is 0.750. The molecule has 1 heterocycles. The molecule has 5 heteroatoms. The molecule has 3 atom stereocenters. The number of rotatable bonds is 4. The summed E-state index contributed by atoms with van der Waals surface area (Å²) in [5.74, 6) is 3.98. The van der Waals surface area contributed by atoms with Crippen LogP contribution in [-0.2, 0) is 0 Å². The van der Waals surface area contributed by atoms with Crippen LogP contribution in [0.5, 0.6) is 5.75 Å². The van der Waals surface area contributed by atoms with Crippen molar-refractivity contribution in [2.45, 2.75) is 25.7 Å². The van der Waals surface area contributed by atoms with E-state index in [1.165, 1.54) is 37.2 Å². The predicted molar refractivity (Wildman–Crippen MR) is 70.5 cm³/mol. The quantitative estimate of drug-likeness (QED) is 0.866.